The summed E-state index contributed by atoms with van der Waals surface area (Å²) in [7, 11) is 0. The third kappa shape index (κ3) is 2.81. The number of hydrogen-bond acceptors (Lipinski definition) is 4. The summed E-state index contributed by atoms with van der Waals surface area (Å²) >= 11 is 0. The van der Waals surface area contributed by atoms with Crippen LogP contribution in [0.25, 0.3) is 5.69 Å². The molecular weight excluding hydrogens is 304 g/mol. The molecule has 122 valence electrons. The van der Waals surface area contributed by atoms with Crippen LogP contribution in [0, 0.1) is 6.92 Å². The van der Waals surface area contributed by atoms with Crippen molar-refractivity contribution in [2.45, 2.75) is 13.3 Å². The first-order chi connectivity index (χ1) is 11.5. The molecule has 0 saturated carbocycles. The summed E-state index contributed by atoms with van der Waals surface area (Å²) in [5, 5.41) is 9.95. The largest absolute Gasteiger partial charge is 0.505 e. The van der Waals surface area contributed by atoms with Gasteiger partial charge < -0.3 is 21.1 Å². The highest BCUT2D eigenvalue weighted by Crippen LogP contribution is 2.32. The standard InChI is InChI=1S/C18H18N4O2/c1-11-13(9-15(18(20)24)17(23)16(11)19)8-12-2-4-14(5-3-12)22-7-6-21-10-22/h2-7,9-10,23H,8,19H2,1H3,(H2,20,24). The number of primary amides is 1. The molecule has 0 fully saturated rings. The highest BCUT2D eigenvalue weighted by Gasteiger charge is 2.16. The minimum absolute atomic E-state index is 0.0446. The highest BCUT2D eigenvalue weighted by molar-refractivity contribution is 5.98. The van der Waals surface area contributed by atoms with E-state index in [0.29, 0.717) is 6.42 Å². The summed E-state index contributed by atoms with van der Waals surface area (Å²) < 4.78 is 1.92. The van der Waals surface area contributed by atoms with Crippen molar-refractivity contribution >= 4 is 11.6 Å². The van der Waals surface area contributed by atoms with Gasteiger partial charge in [-0.25, -0.2) is 4.98 Å². The first kappa shape index (κ1) is 15.6. The van der Waals surface area contributed by atoms with Crippen LogP contribution in [0.5, 0.6) is 5.75 Å². The number of nitrogens with two attached hydrogens (primary N) is 2. The lowest BCUT2D eigenvalue weighted by molar-refractivity contribution is 0.0997. The molecule has 0 aliphatic carbocycles. The minimum atomic E-state index is -0.698. The number of anilines is 1. The molecule has 0 radical (unpaired) electrons. The number of benzene rings is 2. The van der Waals surface area contributed by atoms with Gasteiger partial charge in [-0.2, -0.15) is 0 Å². The number of carbonyl (C=O) groups excluding carboxylic acids is 1. The average Bonchev–Trinajstić information content (AvgIpc) is 3.10. The lowest BCUT2D eigenvalue weighted by atomic mass is 9.95. The Morgan fingerprint density at radius 1 is 1.29 bits per heavy atom. The number of nitrogen functional groups attached to an aromatic ring is 1. The molecule has 0 unspecified atom stereocenters. The molecule has 3 rings (SSSR count). The number of carbonyl (C=O) groups is 1. The van der Waals surface area contributed by atoms with Crippen LogP contribution in [0.2, 0.25) is 0 Å². The second kappa shape index (κ2) is 6.08. The number of aromatic nitrogens is 2. The Balaban J connectivity index is 1.92. The number of rotatable bonds is 4. The number of amides is 1. The fraction of sp³-hybridized carbons (Fsp3) is 0.111. The van der Waals surface area contributed by atoms with Crippen LogP contribution in [0.15, 0.2) is 49.1 Å². The monoisotopic (exact) mass is 322 g/mol. The molecule has 0 aliphatic heterocycles. The van der Waals surface area contributed by atoms with Gasteiger partial charge in [-0.3, -0.25) is 4.79 Å². The van der Waals surface area contributed by atoms with E-state index in [1.165, 1.54) is 0 Å². The summed E-state index contributed by atoms with van der Waals surface area (Å²) in [6.45, 7) is 1.81. The lowest BCUT2D eigenvalue weighted by Crippen LogP contribution is -2.13. The van der Waals surface area contributed by atoms with Crippen LogP contribution in [0.3, 0.4) is 0 Å². The summed E-state index contributed by atoms with van der Waals surface area (Å²) in [5.41, 5.74) is 15.1. The molecule has 2 aromatic carbocycles. The predicted octanol–water partition coefficient (Wildman–Crippen LogP) is 2.16. The topological polar surface area (TPSA) is 107 Å². The van der Waals surface area contributed by atoms with Crippen molar-refractivity contribution in [1.29, 1.82) is 0 Å². The Labute approximate surface area is 139 Å². The van der Waals surface area contributed by atoms with Crippen molar-refractivity contribution < 1.29 is 9.90 Å². The smallest absolute Gasteiger partial charge is 0.252 e. The van der Waals surface area contributed by atoms with Crippen molar-refractivity contribution in [3.8, 4) is 11.4 Å². The zero-order chi connectivity index (χ0) is 17.3. The summed E-state index contributed by atoms with van der Waals surface area (Å²) in [6.07, 6.45) is 5.92. The van der Waals surface area contributed by atoms with E-state index in [1.807, 2.05) is 42.0 Å². The van der Waals surface area contributed by atoms with E-state index in [0.717, 1.165) is 22.4 Å². The van der Waals surface area contributed by atoms with Crippen molar-refractivity contribution in [1.82, 2.24) is 9.55 Å². The maximum Gasteiger partial charge on any atom is 0.252 e. The van der Waals surface area contributed by atoms with Gasteiger partial charge in [0.05, 0.1) is 17.6 Å². The molecular formula is C18H18N4O2. The number of phenols is 1. The quantitative estimate of drug-likeness (QED) is 0.505. The molecule has 0 atom stereocenters. The number of imidazole rings is 1. The molecule has 6 heteroatoms. The Morgan fingerprint density at radius 3 is 2.58 bits per heavy atom. The molecule has 1 heterocycles. The van der Waals surface area contributed by atoms with Crippen LogP contribution in [0.4, 0.5) is 5.69 Å². The SMILES string of the molecule is Cc1c(Cc2ccc(-n3ccnc3)cc2)cc(C(N)=O)c(O)c1N. The zero-order valence-electron chi connectivity index (χ0n) is 13.2. The molecule has 3 aromatic rings. The van der Waals surface area contributed by atoms with Crippen molar-refractivity contribution in [2.24, 2.45) is 5.73 Å². The van der Waals surface area contributed by atoms with E-state index >= 15 is 0 Å². The van der Waals surface area contributed by atoms with Gasteiger partial charge in [-0.15, -0.1) is 0 Å². The highest BCUT2D eigenvalue weighted by atomic mass is 16.3. The first-order valence-electron chi connectivity index (χ1n) is 7.45. The van der Waals surface area contributed by atoms with E-state index < -0.39 is 5.91 Å². The van der Waals surface area contributed by atoms with Crippen LogP contribution in [-0.4, -0.2) is 20.6 Å². The van der Waals surface area contributed by atoms with E-state index in [2.05, 4.69) is 4.98 Å². The van der Waals surface area contributed by atoms with Gasteiger partial charge in [0.1, 0.15) is 0 Å². The Hall–Kier alpha value is -3.28. The van der Waals surface area contributed by atoms with Crippen LogP contribution >= 0.6 is 0 Å². The average molecular weight is 322 g/mol. The zero-order valence-corrected chi connectivity index (χ0v) is 13.2. The molecule has 0 aliphatic rings. The fourth-order valence-corrected chi connectivity index (χ4v) is 2.64. The molecule has 0 bridgehead atoms. The second-order valence-electron chi connectivity index (χ2n) is 5.65. The normalized spacial score (nSPS) is 10.7. The van der Waals surface area contributed by atoms with E-state index in [1.54, 1.807) is 18.6 Å². The first-order valence-corrected chi connectivity index (χ1v) is 7.45. The maximum atomic E-state index is 11.5. The molecule has 0 saturated heterocycles. The Bertz CT molecular complexity index is 884. The Kier molecular flexibility index (Phi) is 3.95. The molecule has 0 spiro atoms. The molecule has 5 N–H and O–H groups in total. The Morgan fingerprint density at radius 2 is 2.00 bits per heavy atom. The lowest BCUT2D eigenvalue weighted by Gasteiger charge is -2.13. The second-order valence-corrected chi connectivity index (χ2v) is 5.65. The van der Waals surface area contributed by atoms with Crippen LogP contribution in [-0.2, 0) is 6.42 Å². The van der Waals surface area contributed by atoms with E-state index in [4.69, 9.17) is 11.5 Å². The van der Waals surface area contributed by atoms with Gasteiger partial charge >= 0.3 is 0 Å². The van der Waals surface area contributed by atoms with Gasteiger partial charge in [0.15, 0.2) is 5.75 Å². The fourth-order valence-electron chi connectivity index (χ4n) is 2.64. The third-order valence-electron chi connectivity index (χ3n) is 4.11. The van der Waals surface area contributed by atoms with Gasteiger partial charge in [0.2, 0.25) is 0 Å². The van der Waals surface area contributed by atoms with Gasteiger partial charge in [-0.1, -0.05) is 12.1 Å². The number of aromatic hydroxyl groups is 1. The van der Waals surface area contributed by atoms with E-state index in [-0.39, 0.29) is 17.0 Å². The van der Waals surface area contributed by atoms with Gasteiger partial charge in [0, 0.05) is 18.1 Å². The van der Waals surface area contributed by atoms with E-state index in [9.17, 15) is 9.90 Å². The predicted molar refractivity (Wildman–Crippen MR) is 92.1 cm³/mol. The molecule has 1 amide bonds. The number of hydrogen-bond donors (Lipinski definition) is 3. The van der Waals surface area contributed by atoms with Gasteiger partial charge in [0.25, 0.3) is 5.91 Å². The summed E-state index contributed by atoms with van der Waals surface area (Å²) in [5.74, 6) is -0.949. The maximum absolute atomic E-state index is 11.5. The molecule has 24 heavy (non-hydrogen) atoms. The molecule has 1 aromatic heterocycles. The van der Waals surface area contributed by atoms with Gasteiger partial charge in [-0.05, 0) is 48.2 Å². The number of nitrogens with zero attached hydrogens (tertiary/aromatic N) is 2. The van der Waals surface area contributed by atoms with Crippen LogP contribution < -0.4 is 11.5 Å². The van der Waals surface area contributed by atoms with Crippen molar-refractivity contribution in [3.05, 3.63) is 71.3 Å². The van der Waals surface area contributed by atoms with Crippen LogP contribution in [0.1, 0.15) is 27.0 Å². The van der Waals surface area contributed by atoms with Crippen molar-refractivity contribution in [2.75, 3.05) is 5.73 Å². The summed E-state index contributed by atoms with van der Waals surface area (Å²) in [6, 6.07) is 9.59. The van der Waals surface area contributed by atoms with Crippen molar-refractivity contribution in [3.63, 3.8) is 0 Å². The summed E-state index contributed by atoms with van der Waals surface area (Å²) in [4.78, 5) is 15.5. The third-order valence-corrected chi connectivity index (χ3v) is 4.11. The molecule has 6 nitrogen and oxygen atoms in total. The minimum Gasteiger partial charge on any atom is -0.505 e.